The average Bonchev–Trinajstić information content (AvgIpc) is 3.17. The van der Waals surface area contributed by atoms with Crippen molar-refractivity contribution in [3.63, 3.8) is 0 Å². The van der Waals surface area contributed by atoms with Crippen LogP contribution in [0.5, 0.6) is 0 Å². The van der Waals surface area contributed by atoms with E-state index in [0.717, 1.165) is 24.1 Å². The molecular formula is C22H29F2N5O2. The van der Waals surface area contributed by atoms with Crippen LogP contribution >= 0.6 is 0 Å². The van der Waals surface area contributed by atoms with E-state index in [4.69, 9.17) is 9.84 Å². The van der Waals surface area contributed by atoms with Gasteiger partial charge in [-0.2, -0.15) is 5.10 Å². The fraction of sp³-hybridized carbons (Fsp3) is 0.545. The van der Waals surface area contributed by atoms with Gasteiger partial charge in [-0.3, -0.25) is 4.68 Å². The van der Waals surface area contributed by atoms with Gasteiger partial charge in [0, 0.05) is 62.8 Å². The molecule has 9 heteroatoms. The third-order valence-corrected chi connectivity index (χ3v) is 6.31. The molecular weight excluding hydrogens is 404 g/mol. The second kappa shape index (κ2) is 8.82. The normalized spacial score (nSPS) is 17.0. The number of aromatic nitrogens is 2. The van der Waals surface area contributed by atoms with Crippen molar-refractivity contribution < 1.29 is 18.3 Å². The first-order valence-corrected chi connectivity index (χ1v) is 10.7. The summed E-state index contributed by atoms with van der Waals surface area (Å²) in [7, 11) is 3.46. The van der Waals surface area contributed by atoms with E-state index in [0.29, 0.717) is 49.8 Å². The van der Waals surface area contributed by atoms with Crippen LogP contribution in [0.3, 0.4) is 0 Å². The zero-order valence-corrected chi connectivity index (χ0v) is 18.2. The van der Waals surface area contributed by atoms with Gasteiger partial charge in [0.15, 0.2) is 5.82 Å². The van der Waals surface area contributed by atoms with Gasteiger partial charge in [-0.1, -0.05) is 6.07 Å². The Balaban J connectivity index is 1.75. The first kappa shape index (κ1) is 21.5. The molecule has 7 nitrogen and oxygen atoms in total. The van der Waals surface area contributed by atoms with Crippen LogP contribution in [0.15, 0.2) is 18.2 Å². The van der Waals surface area contributed by atoms with Crippen LogP contribution in [-0.4, -0.2) is 54.6 Å². The summed E-state index contributed by atoms with van der Waals surface area (Å²) in [5, 5.41) is 7.64. The minimum absolute atomic E-state index is 0.0223. The second-order valence-corrected chi connectivity index (χ2v) is 8.16. The first-order valence-electron chi connectivity index (χ1n) is 10.7. The largest absolute Gasteiger partial charge is 0.381 e. The van der Waals surface area contributed by atoms with E-state index in [9.17, 15) is 13.6 Å². The van der Waals surface area contributed by atoms with Gasteiger partial charge in [-0.25, -0.2) is 13.6 Å². The number of nitrogens with zero attached hydrogens (tertiary/aromatic N) is 4. The summed E-state index contributed by atoms with van der Waals surface area (Å²) in [5.74, 6) is 0.708. The van der Waals surface area contributed by atoms with Gasteiger partial charge in [0.2, 0.25) is 0 Å². The molecule has 1 aromatic heterocycles. The van der Waals surface area contributed by atoms with Gasteiger partial charge < -0.3 is 19.9 Å². The zero-order chi connectivity index (χ0) is 22.1. The molecule has 4 rings (SSSR count). The van der Waals surface area contributed by atoms with E-state index < -0.39 is 6.43 Å². The van der Waals surface area contributed by atoms with Crippen molar-refractivity contribution in [3.05, 3.63) is 40.6 Å². The maximum absolute atomic E-state index is 13.5. The minimum Gasteiger partial charge on any atom is -0.381 e. The number of rotatable bonds is 4. The van der Waals surface area contributed by atoms with E-state index in [1.807, 2.05) is 18.0 Å². The minimum atomic E-state index is -2.54. The summed E-state index contributed by atoms with van der Waals surface area (Å²) in [4.78, 5) is 15.9. The molecule has 0 bridgehead atoms. The standard InChI is InChI=1S/C22H29F2N5O2/c1-14-4-5-16(12-17(14)20(23)24)27(3)21-18-13-28(22(30)25-2)9-6-19(18)29(26-21)15-7-10-31-11-8-15/h4-5,12,15,20H,6-11,13H2,1-3H3,(H,25,30). The number of benzene rings is 1. The smallest absolute Gasteiger partial charge is 0.317 e. The Morgan fingerprint density at radius 1 is 1.32 bits per heavy atom. The van der Waals surface area contributed by atoms with Crippen molar-refractivity contribution >= 4 is 17.5 Å². The number of fused-ring (bicyclic) bond motifs is 1. The molecule has 0 spiro atoms. The van der Waals surface area contributed by atoms with Gasteiger partial charge >= 0.3 is 6.03 Å². The number of ether oxygens (including phenoxy) is 1. The van der Waals surface area contributed by atoms with Crippen molar-refractivity contribution in [2.45, 2.75) is 45.2 Å². The Morgan fingerprint density at radius 3 is 2.74 bits per heavy atom. The molecule has 0 atom stereocenters. The van der Waals surface area contributed by atoms with Crippen LogP contribution in [0.25, 0.3) is 0 Å². The molecule has 2 amide bonds. The lowest BCUT2D eigenvalue weighted by molar-refractivity contribution is 0.0651. The molecule has 0 saturated carbocycles. The highest BCUT2D eigenvalue weighted by molar-refractivity contribution is 5.75. The van der Waals surface area contributed by atoms with Crippen LogP contribution in [0.4, 0.5) is 25.1 Å². The molecule has 1 aromatic carbocycles. The number of carbonyl (C=O) groups is 1. The molecule has 0 unspecified atom stereocenters. The van der Waals surface area contributed by atoms with Gasteiger partial charge in [-0.05, 0) is 37.5 Å². The van der Waals surface area contributed by atoms with Crippen molar-refractivity contribution in [1.29, 1.82) is 0 Å². The number of alkyl halides is 2. The predicted molar refractivity (Wildman–Crippen MR) is 114 cm³/mol. The van der Waals surface area contributed by atoms with E-state index in [2.05, 4.69) is 10.00 Å². The van der Waals surface area contributed by atoms with E-state index in [1.54, 1.807) is 24.9 Å². The monoisotopic (exact) mass is 433 g/mol. The van der Waals surface area contributed by atoms with Gasteiger partial charge in [0.25, 0.3) is 6.43 Å². The third-order valence-electron chi connectivity index (χ3n) is 6.31. The third kappa shape index (κ3) is 4.11. The number of anilines is 2. The number of carbonyl (C=O) groups excluding carboxylic acids is 1. The quantitative estimate of drug-likeness (QED) is 0.793. The number of nitrogens with one attached hydrogen (secondary N) is 1. The van der Waals surface area contributed by atoms with Gasteiger partial charge in [0.1, 0.15) is 0 Å². The number of halogens is 2. The molecule has 3 heterocycles. The summed E-state index contributed by atoms with van der Waals surface area (Å²) in [6.07, 6.45) is -0.0600. The highest BCUT2D eigenvalue weighted by Gasteiger charge is 2.32. The lowest BCUT2D eigenvalue weighted by Crippen LogP contribution is -2.41. The lowest BCUT2D eigenvalue weighted by atomic mass is 10.0. The summed E-state index contributed by atoms with van der Waals surface area (Å²) in [5.41, 5.74) is 3.33. The summed E-state index contributed by atoms with van der Waals surface area (Å²) >= 11 is 0. The van der Waals surface area contributed by atoms with Crippen molar-refractivity contribution in [2.75, 3.05) is 38.8 Å². The molecule has 2 aromatic rings. The fourth-order valence-electron chi connectivity index (χ4n) is 4.45. The van der Waals surface area contributed by atoms with Crippen LogP contribution in [0.2, 0.25) is 0 Å². The van der Waals surface area contributed by atoms with Crippen molar-refractivity contribution in [3.8, 4) is 0 Å². The second-order valence-electron chi connectivity index (χ2n) is 8.16. The average molecular weight is 434 g/mol. The Bertz CT molecular complexity index is 956. The number of urea groups is 1. The van der Waals surface area contributed by atoms with Crippen LogP contribution < -0.4 is 10.2 Å². The Kier molecular flexibility index (Phi) is 6.13. The molecule has 1 fully saturated rings. The van der Waals surface area contributed by atoms with Crippen molar-refractivity contribution in [1.82, 2.24) is 20.0 Å². The number of amides is 2. The zero-order valence-electron chi connectivity index (χ0n) is 18.2. The summed E-state index contributed by atoms with van der Waals surface area (Å²) in [6, 6.07) is 5.19. The van der Waals surface area contributed by atoms with Gasteiger partial charge in [-0.15, -0.1) is 0 Å². The number of hydrogen-bond acceptors (Lipinski definition) is 4. The lowest BCUT2D eigenvalue weighted by Gasteiger charge is -2.30. The highest BCUT2D eigenvalue weighted by atomic mass is 19.3. The molecule has 2 aliphatic rings. The number of aryl methyl sites for hydroxylation is 1. The molecule has 0 radical (unpaired) electrons. The summed E-state index contributed by atoms with van der Waals surface area (Å²) in [6.45, 7) is 4.14. The van der Waals surface area contributed by atoms with Crippen molar-refractivity contribution in [2.24, 2.45) is 0 Å². The SMILES string of the molecule is CNC(=O)N1CCc2c(c(N(C)c3ccc(C)c(C(F)F)c3)nn2C2CCOCC2)C1. The Labute approximate surface area is 181 Å². The van der Waals surface area contributed by atoms with Crippen LogP contribution in [0, 0.1) is 6.92 Å². The van der Waals surface area contributed by atoms with Crippen LogP contribution in [-0.2, 0) is 17.7 Å². The first-order chi connectivity index (χ1) is 14.9. The molecule has 0 aliphatic carbocycles. The Morgan fingerprint density at radius 2 is 2.06 bits per heavy atom. The fourth-order valence-corrected chi connectivity index (χ4v) is 4.45. The molecule has 1 N–H and O–H groups in total. The molecule has 1 saturated heterocycles. The maximum Gasteiger partial charge on any atom is 0.317 e. The highest BCUT2D eigenvalue weighted by Crippen LogP contribution is 2.37. The topological polar surface area (TPSA) is 62.6 Å². The molecule has 31 heavy (non-hydrogen) atoms. The maximum atomic E-state index is 13.5. The predicted octanol–water partition coefficient (Wildman–Crippen LogP) is 3.95. The number of hydrogen-bond donors (Lipinski definition) is 1. The molecule has 168 valence electrons. The van der Waals surface area contributed by atoms with Gasteiger partial charge in [0.05, 0.1) is 12.6 Å². The molecule has 2 aliphatic heterocycles. The van der Waals surface area contributed by atoms with E-state index in [-0.39, 0.29) is 17.6 Å². The van der Waals surface area contributed by atoms with Crippen LogP contribution in [0.1, 0.15) is 47.7 Å². The summed E-state index contributed by atoms with van der Waals surface area (Å²) < 4.78 is 34.5. The van der Waals surface area contributed by atoms with E-state index in [1.165, 1.54) is 6.07 Å². The Hall–Kier alpha value is -2.68. The van der Waals surface area contributed by atoms with E-state index >= 15 is 0 Å².